The molecule has 3 heteroatoms. The normalized spacial score (nSPS) is 28.1. The summed E-state index contributed by atoms with van der Waals surface area (Å²) < 4.78 is 0. The highest BCUT2D eigenvalue weighted by Crippen LogP contribution is 2.47. The molecular weight excluding hydrogens is 272 g/mol. The molecular formula is C19H26N2O. The van der Waals surface area contributed by atoms with Gasteiger partial charge in [-0.05, 0) is 50.8 Å². The van der Waals surface area contributed by atoms with Crippen molar-refractivity contribution in [2.24, 2.45) is 5.92 Å². The quantitative estimate of drug-likeness (QED) is 0.888. The third-order valence-corrected chi connectivity index (χ3v) is 6.04. The summed E-state index contributed by atoms with van der Waals surface area (Å²) in [5.74, 6) is 0.318. The summed E-state index contributed by atoms with van der Waals surface area (Å²) in [7, 11) is 0. The van der Waals surface area contributed by atoms with Gasteiger partial charge < -0.3 is 10.1 Å². The molecule has 118 valence electrons. The van der Waals surface area contributed by atoms with Crippen LogP contribution >= 0.6 is 0 Å². The van der Waals surface area contributed by atoms with E-state index in [9.17, 15) is 5.11 Å². The Kier molecular flexibility index (Phi) is 3.31. The highest BCUT2D eigenvalue weighted by Gasteiger charge is 2.45. The first-order chi connectivity index (χ1) is 10.6. The van der Waals surface area contributed by atoms with Crippen LogP contribution in [0.15, 0.2) is 24.3 Å². The number of fused-ring (bicyclic) bond motifs is 5. The zero-order chi connectivity index (χ0) is 15.3. The number of nitrogens with one attached hydrogen (secondary N) is 1. The third-order valence-electron chi connectivity index (χ3n) is 6.04. The fraction of sp³-hybridized carbons (Fsp3) is 0.579. The Morgan fingerprint density at radius 2 is 2.14 bits per heavy atom. The fourth-order valence-electron chi connectivity index (χ4n) is 4.61. The van der Waals surface area contributed by atoms with Gasteiger partial charge in [-0.15, -0.1) is 0 Å². The second-order valence-corrected chi connectivity index (χ2v) is 7.25. The standard InChI is InChI=1S/C19H26N2O/c1-3-19(2,22)15-8-6-11-21-12-10-14-13-7-4-5-9-16(13)20-17(14)18(15)21/h4-5,7,9,15,18,20,22H,3,6,8,10-12H2,1-2H3/t15-,18+,19?/m0/s1. The number of hydrogen-bond acceptors (Lipinski definition) is 2. The van der Waals surface area contributed by atoms with E-state index in [1.165, 1.54) is 28.6 Å². The highest BCUT2D eigenvalue weighted by molar-refractivity contribution is 5.85. The maximum absolute atomic E-state index is 10.9. The SMILES string of the molecule is CCC(C)(O)[C@H]1CCCN2CCc3c([nH]c4ccccc34)[C@@H]12. The van der Waals surface area contributed by atoms with Crippen molar-refractivity contribution < 1.29 is 5.11 Å². The summed E-state index contributed by atoms with van der Waals surface area (Å²) in [6.07, 6.45) is 4.26. The van der Waals surface area contributed by atoms with Crippen LogP contribution in [0.1, 0.15) is 50.4 Å². The van der Waals surface area contributed by atoms with Crippen LogP contribution in [-0.4, -0.2) is 33.7 Å². The largest absolute Gasteiger partial charge is 0.390 e. The fourth-order valence-corrected chi connectivity index (χ4v) is 4.61. The van der Waals surface area contributed by atoms with Gasteiger partial charge in [0.2, 0.25) is 0 Å². The summed E-state index contributed by atoms with van der Waals surface area (Å²) in [4.78, 5) is 6.28. The predicted octanol–water partition coefficient (Wildman–Crippen LogP) is 3.64. The number of piperidine rings is 1. The van der Waals surface area contributed by atoms with Gasteiger partial charge in [0, 0.05) is 29.1 Å². The van der Waals surface area contributed by atoms with E-state index >= 15 is 0 Å². The molecule has 1 saturated heterocycles. The van der Waals surface area contributed by atoms with Crippen LogP contribution in [0.25, 0.3) is 10.9 Å². The molecule has 0 bridgehead atoms. The van der Waals surface area contributed by atoms with E-state index in [1.807, 2.05) is 6.92 Å². The molecule has 1 unspecified atom stereocenters. The Morgan fingerprint density at radius 3 is 2.95 bits per heavy atom. The zero-order valence-electron chi connectivity index (χ0n) is 13.6. The zero-order valence-corrected chi connectivity index (χ0v) is 13.6. The van der Waals surface area contributed by atoms with Gasteiger partial charge in [0.05, 0.1) is 11.6 Å². The van der Waals surface area contributed by atoms with E-state index in [4.69, 9.17) is 0 Å². The van der Waals surface area contributed by atoms with E-state index in [1.54, 1.807) is 0 Å². The average molecular weight is 298 g/mol. The lowest BCUT2D eigenvalue weighted by molar-refractivity contribution is -0.0709. The van der Waals surface area contributed by atoms with Crippen LogP contribution < -0.4 is 0 Å². The molecule has 1 aromatic heterocycles. The summed E-state index contributed by atoms with van der Waals surface area (Å²) in [5, 5.41) is 12.3. The van der Waals surface area contributed by atoms with Crippen LogP contribution in [0, 0.1) is 5.92 Å². The van der Waals surface area contributed by atoms with Crippen molar-refractivity contribution >= 4 is 10.9 Å². The molecule has 1 fully saturated rings. The van der Waals surface area contributed by atoms with Crippen molar-refractivity contribution in [2.75, 3.05) is 13.1 Å². The molecule has 2 N–H and O–H groups in total. The van der Waals surface area contributed by atoms with Gasteiger partial charge in [-0.1, -0.05) is 25.1 Å². The smallest absolute Gasteiger partial charge is 0.0664 e. The van der Waals surface area contributed by atoms with Crippen molar-refractivity contribution in [2.45, 2.75) is 51.2 Å². The lowest BCUT2D eigenvalue weighted by atomic mass is 9.73. The average Bonchev–Trinajstić information content (AvgIpc) is 2.93. The van der Waals surface area contributed by atoms with Gasteiger partial charge in [0.1, 0.15) is 0 Å². The number of aromatic amines is 1. The first-order valence-corrected chi connectivity index (χ1v) is 8.67. The summed E-state index contributed by atoms with van der Waals surface area (Å²) in [6.45, 7) is 6.41. The number of aromatic nitrogens is 1. The monoisotopic (exact) mass is 298 g/mol. The maximum Gasteiger partial charge on any atom is 0.0664 e. The highest BCUT2D eigenvalue weighted by atomic mass is 16.3. The second-order valence-electron chi connectivity index (χ2n) is 7.25. The Hall–Kier alpha value is -1.32. The molecule has 22 heavy (non-hydrogen) atoms. The second kappa shape index (κ2) is 5.10. The van der Waals surface area contributed by atoms with E-state index < -0.39 is 5.60 Å². The molecule has 3 heterocycles. The van der Waals surface area contributed by atoms with Gasteiger partial charge in [-0.25, -0.2) is 0 Å². The molecule has 0 saturated carbocycles. The van der Waals surface area contributed by atoms with Crippen LogP contribution in [0.2, 0.25) is 0 Å². The summed E-state index contributed by atoms with van der Waals surface area (Å²) >= 11 is 0. The molecule has 0 aliphatic carbocycles. The number of hydrogen-bond donors (Lipinski definition) is 2. The Bertz CT molecular complexity index is 688. The van der Waals surface area contributed by atoms with Gasteiger partial charge in [0.25, 0.3) is 0 Å². The Labute approximate surface area is 132 Å². The van der Waals surface area contributed by atoms with Gasteiger partial charge >= 0.3 is 0 Å². The summed E-state index contributed by atoms with van der Waals surface area (Å²) in [5.41, 5.74) is 3.51. The molecule has 2 aliphatic rings. The Morgan fingerprint density at radius 1 is 1.32 bits per heavy atom. The minimum Gasteiger partial charge on any atom is -0.390 e. The predicted molar refractivity (Wildman–Crippen MR) is 90.0 cm³/mol. The van der Waals surface area contributed by atoms with E-state index in [-0.39, 0.29) is 0 Å². The third kappa shape index (κ3) is 2.03. The molecule has 0 radical (unpaired) electrons. The van der Waals surface area contributed by atoms with Crippen LogP contribution in [0.3, 0.4) is 0 Å². The van der Waals surface area contributed by atoms with E-state index in [2.05, 4.69) is 41.1 Å². The molecule has 2 aromatic rings. The van der Waals surface area contributed by atoms with Gasteiger partial charge in [0.15, 0.2) is 0 Å². The molecule has 2 aliphatic heterocycles. The van der Waals surface area contributed by atoms with E-state index in [0.29, 0.717) is 12.0 Å². The number of H-pyrrole nitrogens is 1. The molecule has 3 nitrogen and oxygen atoms in total. The number of aliphatic hydroxyl groups is 1. The summed E-state index contributed by atoms with van der Waals surface area (Å²) in [6, 6.07) is 8.98. The molecule has 0 amide bonds. The molecule has 4 rings (SSSR count). The van der Waals surface area contributed by atoms with Crippen molar-refractivity contribution in [3.8, 4) is 0 Å². The first kappa shape index (κ1) is 14.3. The van der Waals surface area contributed by atoms with Crippen molar-refractivity contribution in [3.05, 3.63) is 35.5 Å². The lowest BCUT2D eigenvalue weighted by Gasteiger charge is -2.49. The van der Waals surface area contributed by atoms with Gasteiger partial charge in [-0.3, -0.25) is 4.90 Å². The minimum absolute atomic E-state index is 0.318. The minimum atomic E-state index is -0.588. The maximum atomic E-state index is 10.9. The van der Waals surface area contributed by atoms with Crippen molar-refractivity contribution in [3.63, 3.8) is 0 Å². The van der Waals surface area contributed by atoms with Crippen LogP contribution in [-0.2, 0) is 6.42 Å². The Balaban J connectivity index is 1.85. The number of rotatable bonds is 2. The van der Waals surface area contributed by atoms with Crippen LogP contribution in [0.4, 0.5) is 0 Å². The number of nitrogens with zero attached hydrogens (tertiary/aromatic N) is 1. The van der Waals surface area contributed by atoms with Crippen molar-refractivity contribution in [1.82, 2.24) is 9.88 Å². The van der Waals surface area contributed by atoms with Gasteiger partial charge in [-0.2, -0.15) is 0 Å². The first-order valence-electron chi connectivity index (χ1n) is 8.67. The van der Waals surface area contributed by atoms with Crippen LogP contribution in [0.5, 0.6) is 0 Å². The van der Waals surface area contributed by atoms with Crippen molar-refractivity contribution in [1.29, 1.82) is 0 Å². The topological polar surface area (TPSA) is 39.3 Å². The lowest BCUT2D eigenvalue weighted by Crippen LogP contribution is -2.50. The van der Waals surface area contributed by atoms with E-state index in [0.717, 1.165) is 32.4 Å². The molecule has 3 atom stereocenters. The molecule has 0 spiro atoms. The number of benzene rings is 1. The molecule has 1 aromatic carbocycles. The number of para-hydroxylation sites is 1.